The number of phenolic OH excluding ortho intramolecular Hbond substituents is 1. The molecule has 202 valence electrons. The first kappa shape index (κ1) is 28.3. The molecule has 0 saturated heterocycles. The van der Waals surface area contributed by atoms with Crippen LogP contribution in [0.15, 0.2) is 75.8 Å². The Morgan fingerprint density at radius 3 is 2.46 bits per heavy atom. The highest BCUT2D eigenvalue weighted by Gasteiger charge is 2.21. The van der Waals surface area contributed by atoms with Gasteiger partial charge in [-0.3, -0.25) is 9.35 Å². The number of hydrogen-bond donors (Lipinski definition) is 3. The Bertz CT molecular complexity index is 1720. The average molecular weight is 588 g/mol. The lowest BCUT2D eigenvalue weighted by Crippen LogP contribution is -2.13. The summed E-state index contributed by atoms with van der Waals surface area (Å²) in [5.74, 6) is -0.723. The van der Waals surface area contributed by atoms with Crippen LogP contribution in [0.1, 0.15) is 29.8 Å². The minimum atomic E-state index is -4.58. The van der Waals surface area contributed by atoms with Gasteiger partial charge >= 0.3 is 0 Å². The molecule has 0 saturated carbocycles. The number of anilines is 1. The summed E-state index contributed by atoms with van der Waals surface area (Å²) in [7, 11) is -4.58. The Labute approximate surface area is 234 Å². The van der Waals surface area contributed by atoms with E-state index in [1.54, 1.807) is 56.3 Å². The van der Waals surface area contributed by atoms with E-state index in [0.29, 0.717) is 23.1 Å². The number of aromatic hydroxyl groups is 1. The minimum absolute atomic E-state index is 0.0164. The quantitative estimate of drug-likeness (QED) is 0.142. The SMILES string of the molecule is CCOc1cccc(NC(=O)c2cc3ccccc3c(N=Nc3cc(Cl)c(CC)c(S(=O)(=O)O)c3)c2O)c1Cl. The summed E-state index contributed by atoms with van der Waals surface area (Å²) in [4.78, 5) is 12.9. The second-order valence-corrected chi connectivity index (χ2v) is 10.5. The van der Waals surface area contributed by atoms with Crippen LogP contribution in [0.4, 0.5) is 17.1 Å². The molecule has 0 radical (unpaired) electrons. The number of nitrogens with zero attached hydrogens (tertiary/aromatic N) is 2. The molecule has 1 amide bonds. The molecule has 0 atom stereocenters. The van der Waals surface area contributed by atoms with Gasteiger partial charge in [0, 0.05) is 10.4 Å². The van der Waals surface area contributed by atoms with Crippen molar-refractivity contribution in [3.8, 4) is 11.5 Å². The summed E-state index contributed by atoms with van der Waals surface area (Å²) in [6.07, 6.45) is 0.255. The normalized spacial score (nSPS) is 11.7. The van der Waals surface area contributed by atoms with Crippen molar-refractivity contribution in [2.24, 2.45) is 10.2 Å². The van der Waals surface area contributed by atoms with Crippen molar-refractivity contribution in [2.75, 3.05) is 11.9 Å². The van der Waals surface area contributed by atoms with Crippen LogP contribution in [0.3, 0.4) is 0 Å². The number of ether oxygens (including phenoxy) is 1. The maximum Gasteiger partial charge on any atom is 0.294 e. The summed E-state index contributed by atoms with van der Waals surface area (Å²) in [6.45, 7) is 3.88. The molecule has 0 heterocycles. The zero-order chi connectivity index (χ0) is 28.3. The van der Waals surface area contributed by atoms with Crippen LogP contribution >= 0.6 is 23.2 Å². The molecule has 0 aromatic heterocycles. The summed E-state index contributed by atoms with van der Waals surface area (Å²) in [6, 6.07) is 15.9. The van der Waals surface area contributed by atoms with E-state index in [4.69, 9.17) is 27.9 Å². The Hall–Kier alpha value is -3.70. The lowest BCUT2D eigenvalue weighted by molar-refractivity contribution is 0.102. The topological polar surface area (TPSA) is 138 Å². The first-order valence-corrected chi connectivity index (χ1v) is 13.9. The van der Waals surface area contributed by atoms with Crippen molar-refractivity contribution in [2.45, 2.75) is 25.2 Å². The molecule has 0 aliphatic rings. The highest BCUT2D eigenvalue weighted by molar-refractivity contribution is 7.85. The molecule has 0 unspecified atom stereocenters. The lowest BCUT2D eigenvalue weighted by atomic mass is 10.0. The van der Waals surface area contributed by atoms with Gasteiger partial charge in [-0.05, 0) is 54.6 Å². The van der Waals surface area contributed by atoms with Crippen molar-refractivity contribution < 1.29 is 27.6 Å². The number of carbonyl (C=O) groups excluding carboxylic acids is 1. The van der Waals surface area contributed by atoms with Gasteiger partial charge in [0.1, 0.15) is 21.4 Å². The second kappa shape index (κ2) is 11.6. The van der Waals surface area contributed by atoms with Gasteiger partial charge in [0.05, 0.1) is 23.5 Å². The first-order valence-electron chi connectivity index (χ1n) is 11.7. The molecule has 0 aliphatic carbocycles. The standard InChI is InChI=1S/C27H23Cl2N3O6S/c1-3-17-20(28)13-16(14-23(17)39(35,36)37)31-32-25-18-9-6-5-8-15(18)12-19(26(25)33)27(34)30-21-10-7-11-22(24(21)29)38-4-2/h5-14,33H,3-4H2,1-2H3,(H,30,34)(H,35,36,37). The van der Waals surface area contributed by atoms with Gasteiger partial charge < -0.3 is 15.2 Å². The third-order valence-electron chi connectivity index (χ3n) is 5.79. The summed E-state index contributed by atoms with van der Waals surface area (Å²) in [5.41, 5.74) is 0.404. The van der Waals surface area contributed by atoms with E-state index >= 15 is 0 Å². The molecule has 4 aromatic rings. The smallest absolute Gasteiger partial charge is 0.294 e. The Kier molecular flexibility index (Phi) is 8.41. The molecular formula is C27H23Cl2N3O6S. The zero-order valence-corrected chi connectivity index (χ0v) is 23.1. The van der Waals surface area contributed by atoms with Gasteiger partial charge in [0.25, 0.3) is 16.0 Å². The van der Waals surface area contributed by atoms with E-state index in [2.05, 4.69) is 15.5 Å². The van der Waals surface area contributed by atoms with E-state index in [1.165, 1.54) is 12.1 Å². The number of carbonyl (C=O) groups is 1. The van der Waals surface area contributed by atoms with Crippen molar-refractivity contribution in [3.05, 3.63) is 81.8 Å². The number of halogens is 2. The maximum atomic E-state index is 13.2. The van der Waals surface area contributed by atoms with Crippen LogP contribution < -0.4 is 10.1 Å². The van der Waals surface area contributed by atoms with Crippen LogP contribution in [0.2, 0.25) is 10.0 Å². The monoisotopic (exact) mass is 587 g/mol. The van der Waals surface area contributed by atoms with Crippen LogP contribution in [0.25, 0.3) is 10.8 Å². The van der Waals surface area contributed by atoms with Gasteiger partial charge in [-0.2, -0.15) is 13.5 Å². The molecule has 0 fully saturated rings. The molecule has 0 aliphatic heterocycles. The van der Waals surface area contributed by atoms with Crippen molar-refractivity contribution in [1.82, 2.24) is 0 Å². The predicted octanol–water partition coefficient (Wildman–Crippen LogP) is 7.73. The van der Waals surface area contributed by atoms with Gasteiger partial charge in [0.2, 0.25) is 0 Å². The number of fused-ring (bicyclic) bond motifs is 1. The fourth-order valence-corrected chi connectivity index (χ4v) is 5.46. The molecule has 4 aromatic carbocycles. The van der Waals surface area contributed by atoms with Crippen LogP contribution in [-0.2, 0) is 16.5 Å². The van der Waals surface area contributed by atoms with Crippen LogP contribution in [0, 0.1) is 0 Å². The van der Waals surface area contributed by atoms with Gasteiger partial charge in [-0.15, -0.1) is 5.11 Å². The fraction of sp³-hybridized carbons (Fsp3) is 0.148. The van der Waals surface area contributed by atoms with E-state index in [1.807, 2.05) is 0 Å². The Morgan fingerprint density at radius 2 is 1.77 bits per heavy atom. The van der Waals surface area contributed by atoms with E-state index < -0.39 is 21.8 Å². The lowest BCUT2D eigenvalue weighted by Gasteiger charge is -2.13. The van der Waals surface area contributed by atoms with E-state index in [0.717, 1.165) is 6.07 Å². The summed E-state index contributed by atoms with van der Waals surface area (Å²) < 4.78 is 38.9. The minimum Gasteiger partial charge on any atom is -0.505 e. The molecule has 3 N–H and O–H groups in total. The predicted molar refractivity (Wildman–Crippen MR) is 151 cm³/mol. The number of phenols is 1. The van der Waals surface area contributed by atoms with Crippen LogP contribution in [-0.4, -0.2) is 30.6 Å². The van der Waals surface area contributed by atoms with Crippen molar-refractivity contribution >= 4 is 67.1 Å². The molecule has 39 heavy (non-hydrogen) atoms. The molecule has 9 nitrogen and oxygen atoms in total. The number of benzene rings is 4. The third kappa shape index (κ3) is 5.99. The highest BCUT2D eigenvalue weighted by atomic mass is 35.5. The zero-order valence-electron chi connectivity index (χ0n) is 20.8. The molecule has 0 spiro atoms. The van der Waals surface area contributed by atoms with Gasteiger partial charge in [-0.1, -0.05) is 60.5 Å². The largest absolute Gasteiger partial charge is 0.505 e. The van der Waals surface area contributed by atoms with Crippen LogP contribution in [0.5, 0.6) is 11.5 Å². The van der Waals surface area contributed by atoms with Crippen molar-refractivity contribution in [1.29, 1.82) is 0 Å². The van der Waals surface area contributed by atoms with Gasteiger partial charge in [0.15, 0.2) is 5.75 Å². The average Bonchev–Trinajstić information content (AvgIpc) is 2.89. The number of rotatable bonds is 8. The Morgan fingerprint density at radius 1 is 1.03 bits per heavy atom. The van der Waals surface area contributed by atoms with E-state index in [-0.39, 0.29) is 49.6 Å². The fourth-order valence-electron chi connectivity index (χ4n) is 3.99. The molecule has 12 heteroatoms. The third-order valence-corrected chi connectivity index (χ3v) is 7.43. The van der Waals surface area contributed by atoms with E-state index in [9.17, 15) is 22.9 Å². The second-order valence-electron chi connectivity index (χ2n) is 8.28. The molecule has 4 rings (SSSR count). The maximum absolute atomic E-state index is 13.2. The number of nitrogens with one attached hydrogen (secondary N) is 1. The molecular weight excluding hydrogens is 565 g/mol. The molecule has 0 bridgehead atoms. The Balaban J connectivity index is 1.79. The number of amides is 1. The van der Waals surface area contributed by atoms with Crippen molar-refractivity contribution in [3.63, 3.8) is 0 Å². The number of azo groups is 1. The highest BCUT2D eigenvalue weighted by Crippen LogP contribution is 2.41. The number of hydrogen-bond acceptors (Lipinski definition) is 7. The van der Waals surface area contributed by atoms with Gasteiger partial charge in [-0.25, -0.2) is 0 Å². The first-order chi connectivity index (χ1) is 18.5. The summed E-state index contributed by atoms with van der Waals surface area (Å²) in [5, 5.41) is 23.3. The summed E-state index contributed by atoms with van der Waals surface area (Å²) >= 11 is 12.6.